The molecular formula is C75H130O6. The third-order valence-corrected chi connectivity index (χ3v) is 15.0. The van der Waals surface area contributed by atoms with Crippen molar-refractivity contribution in [1.82, 2.24) is 0 Å². The van der Waals surface area contributed by atoms with Crippen LogP contribution < -0.4 is 0 Å². The molecule has 81 heavy (non-hydrogen) atoms. The summed E-state index contributed by atoms with van der Waals surface area (Å²) in [5, 5.41) is 0. The quantitative estimate of drug-likeness (QED) is 0.0261. The van der Waals surface area contributed by atoms with Crippen LogP contribution in [0, 0.1) is 0 Å². The number of carbonyl (C=O) groups excluding carboxylic acids is 3. The summed E-state index contributed by atoms with van der Waals surface area (Å²) in [5.41, 5.74) is 0. The lowest BCUT2D eigenvalue weighted by atomic mass is 10.0. The van der Waals surface area contributed by atoms with E-state index in [0.29, 0.717) is 19.3 Å². The van der Waals surface area contributed by atoms with Crippen LogP contribution in [-0.2, 0) is 28.6 Å². The second-order valence-electron chi connectivity index (χ2n) is 23.1. The van der Waals surface area contributed by atoms with Crippen LogP contribution in [0.15, 0.2) is 97.2 Å². The Bertz CT molecular complexity index is 1580. The van der Waals surface area contributed by atoms with Gasteiger partial charge in [0.1, 0.15) is 13.2 Å². The van der Waals surface area contributed by atoms with Gasteiger partial charge < -0.3 is 14.2 Å². The van der Waals surface area contributed by atoms with Gasteiger partial charge in [0.15, 0.2) is 6.10 Å². The minimum Gasteiger partial charge on any atom is -0.462 e. The zero-order chi connectivity index (χ0) is 58.5. The number of carbonyl (C=O) groups is 3. The summed E-state index contributed by atoms with van der Waals surface area (Å²) >= 11 is 0. The molecule has 0 saturated carbocycles. The van der Waals surface area contributed by atoms with Crippen molar-refractivity contribution in [2.24, 2.45) is 0 Å². The predicted octanol–water partition coefficient (Wildman–Crippen LogP) is 24.0. The lowest BCUT2D eigenvalue weighted by molar-refractivity contribution is -0.167. The molecule has 0 heterocycles. The topological polar surface area (TPSA) is 78.9 Å². The van der Waals surface area contributed by atoms with Gasteiger partial charge in [-0.25, -0.2) is 0 Å². The fourth-order valence-electron chi connectivity index (χ4n) is 9.85. The van der Waals surface area contributed by atoms with Crippen molar-refractivity contribution in [3.05, 3.63) is 97.2 Å². The van der Waals surface area contributed by atoms with E-state index in [9.17, 15) is 14.4 Å². The number of rotatable bonds is 63. The van der Waals surface area contributed by atoms with Gasteiger partial charge in [-0.1, -0.05) is 298 Å². The zero-order valence-electron chi connectivity index (χ0n) is 53.5. The highest BCUT2D eigenvalue weighted by atomic mass is 16.6. The van der Waals surface area contributed by atoms with E-state index in [4.69, 9.17) is 14.2 Å². The van der Waals surface area contributed by atoms with Crippen LogP contribution in [0.1, 0.15) is 342 Å². The predicted molar refractivity (Wildman–Crippen MR) is 353 cm³/mol. The number of hydrogen-bond donors (Lipinski definition) is 0. The van der Waals surface area contributed by atoms with Gasteiger partial charge >= 0.3 is 17.9 Å². The normalized spacial score (nSPS) is 12.7. The highest BCUT2D eigenvalue weighted by molar-refractivity contribution is 5.71. The van der Waals surface area contributed by atoms with Gasteiger partial charge in [0.2, 0.25) is 0 Å². The van der Waals surface area contributed by atoms with Crippen LogP contribution in [0.2, 0.25) is 0 Å². The number of unbranched alkanes of at least 4 members (excludes halogenated alkanes) is 36. The lowest BCUT2D eigenvalue weighted by Gasteiger charge is -2.18. The summed E-state index contributed by atoms with van der Waals surface area (Å²) in [4.78, 5) is 38.4. The first-order valence-electron chi connectivity index (χ1n) is 34.7. The molecular weight excluding hydrogens is 997 g/mol. The minimum atomic E-state index is -0.798. The van der Waals surface area contributed by atoms with Crippen molar-refractivity contribution in [2.75, 3.05) is 13.2 Å². The monoisotopic (exact) mass is 1130 g/mol. The van der Waals surface area contributed by atoms with E-state index in [1.807, 2.05) is 0 Å². The van der Waals surface area contributed by atoms with Crippen LogP contribution in [0.5, 0.6) is 0 Å². The van der Waals surface area contributed by atoms with Crippen LogP contribution >= 0.6 is 0 Å². The molecule has 0 rings (SSSR count). The molecule has 1 atom stereocenters. The van der Waals surface area contributed by atoms with E-state index in [0.717, 1.165) is 96.3 Å². The van der Waals surface area contributed by atoms with Crippen LogP contribution in [0.25, 0.3) is 0 Å². The Balaban J connectivity index is 4.35. The van der Waals surface area contributed by atoms with E-state index in [1.54, 1.807) is 0 Å². The SMILES string of the molecule is CC/C=C\C/C=C\C/C=C\C/C=C\CCCCC(=O)OCC(COC(=O)CCCCCCCCCCCCCCC/C=C\C/C=C\CCCCCCC)OC(=O)CCCCCCCCCCCCC/C=C\C/C=C\CCCCCCC. The average Bonchev–Trinajstić information content (AvgIpc) is 3.47. The molecule has 466 valence electrons. The Morgan fingerprint density at radius 2 is 0.481 bits per heavy atom. The molecule has 0 aromatic carbocycles. The van der Waals surface area contributed by atoms with Crippen molar-refractivity contribution in [2.45, 2.75) is 348 Å². The van der Waals surface area contributed by atoms with Gasteiger partial charge in [-0.15, -0.1) is 0 Å². The maximum absolute atomic E-state index is 13.0. The summed E-state index contributed by atoms with van der Waals surface area (Å²) in [7, 11) is 0. The lowest BCUT2D eigenvalue weighted by Crippen LogP contribution is -2.30. The first kappa shape index (κ1) is 77.3. The van der Waals surface area contributed by atoms with E-state index < -0.39 is 6.10 Å². The summed E-state index contributed by atoms with van der Waals surface area (Å²) in [6.07, 6.45) is 92.9. The summed E-state index contributed by atoms with van der Waals surface area (Å²) in [5.74, 6) is -0.923. The van der Waals surface area contributed by atoms with E-state index in [1.165, 1.54) is 205 Å². The molecule has 0 aliphatic rings. The fraction of sp³-hybridized carbons (Fsp3) is 0.747. The molecule has 0 bridgehead atoms. The highest BCUT2D eigenvalue weighted by Crippen LogP contribution is 2.17. The molecule has 0 saturated heterocycles. The van der Waals surface area contributed by atoms with Crippen molar-refractivity contribution in [1.29, 1.82) is 0 Å². The molecule has 0 N–H and O–H groups in total. The second-order valence-corrected chi connectivity index (χ2v) is 23.1. The van der Waals surface area contributed by atoms with E-state index in [2.05, 4.69) is 118 Å². The van der Waals surface area contributed by atoms with Gasteiger partial charge in [0, 0.05) is 19.3 Å². The van der Waals surface area contributed by atoms with Crippen molar-refractivity contribution in [3.63, 3.8) is 0 Å². The first-order valence-corrected chi connectivity index (χ1v) is 34.7. The molecule has 0 spiro atoms. The highest BCUT2D eigenvalue weighted by Gasteiger charge is 2.19. The smallest absolute Gasteiger partial charge is 0.306 e. The maximum Gasteiger partial charge on any atom is 0.306 e. The molecule has 6 nitrogen and oxygen atoms in total. The Labute approximate surface area is 502 Å². The second kappa shape index (κ2) is 68.8. The number of allylic oxidation sites excluding steroid dienone is 16. The number of ether oxygens (including phenoxy) is 3. The van der Waals surface area contributed by atoms with Gasteiger partial charge in [-0.2, -0.15) is 0 Å². The molecule has 0 aliphatic carbocycles. The summed E-state index contributed by atoms with van der Waals surface area (Å²) in [6.45, 7) is 6.51. The Morgan fingerprint density at radius 1 is 0.259 bits per heavy atom. The third kappa shape index (κ3) is 67.0. The van der Waals surface area contributed by atoms with Gasteiger partial charge in [-0.3, -0.25) is 14.4 Å². The molecule has 0 radical (unpaired) electrons. The van der Waals surface area contributed by atoms with Crippen molar-refractivity contribution < 1.29 is 28.6 Å². The molecule has 0 fully saturated rings. The molecule has 6 heteroatoms. The van der Waals surface area contributed by atoms with Gasteiger partial charge in [-0.05, 0) is 122 Å². The molecule has 0 aromatic heterocycles. The van der Waals surface area contributed by atoms with Gasteiger partial charge in [0.05, 0.1) is 0 Å². The van der Waals surface area contributed by atoms with E-state index in [-0.39, 0.29) is 31.1 Å². The zero-order valence-corrected chi connectivity index (χ0v) is 53.5. The average molecular weight is 1130 g/mol. The van der Waals surface area contributed by atoms with Crippen molar-refractivity contribution >= 4 is 17.9 Å². The first-order chi connectivity index (χ1) is 40.0. The number of hydrogen-bond acceptors (Lipinski definition) is 6. The van der Waals surface area contributed by atoms with Crippen LogP contribution in [0.3, 0.4) is 0 Å². The fourth-order valence-corrected chi connectivity index (χ4v) is 9.85. The molecule has 0 aromatic rings. The van der Waals surface area contributed by atoms with Crippen LogP contribution in [0.4, 0.5) is 0 Å². The molecule has 0 amide bonds. The van der Waals surface area contributed by atoms with Crippen molar-refractivity contribution in [3.8, 4) is 0 Å². The maximum atomic E-state index is 13.0. The largest absolute Gasteiger partial charge is 0.462 e. The third-order valence-electron chi connectivity index (χ3n) is 15.0. The Morgan fingerprint density at radius 3 is 0.778 bits per heavy atom. The minimum absolute atomic E-state index is 0.0905. The van der Waals surface area contributed by atoms with E-state index >= 15 is 0 Å². The standard InChI is InChI=1S/C75H130O6/c1-4-7-10-13-16-19-22-25-28-30-32-34-36-37-39-40-42-44-47-50-53-56-59-62-65-68-74(77)80-71-72(70-79-73(76)67-64-61-58-55-52-49-46-27-24-21-18-15-12-9-6-3)81-75(78)69-66-63-60-57-54-51-48-45-43-41-38-35-33-31-29-26-23-20-17-14-11-8-5-2/h9,12,18,21-23,25-27,30-33,46,52,55,72H,4-8,10-11,13-17,19-20,24,28-29,34-45,47-51,53-54,56-71H2,1-3H3/b12-9-,21-18-,25-22-,26-23-,32-30-,33-31-,46-27-,55-52-. The Kier molecular flexibility index (Phi) is 65.7. The molecule has 1 unspecified atom stereocenters. The van der Waals surface area contributed by atoms with Crippen LogP contribution in [-0.4, -0.2) is 37.2 Å². The summed E-state index contributed by atoms with van der Waals surface area (Å²) in [6, 6.07) is 0. The Hall–Kier alpha value is -3.67. The molecule has 0 aliphatic heterocycles. The summed E-state index contributed by atoms with van der Waals surface area (Å²) < 4.78 is 16.9. The number of esters is 3. The van der Waals surface area contributed by atoms with Gasteiger partial charge in [0.25, 0.3) is 0 Å².